The zero-order chi connectivity index (χ0) is 13.6. The first kappa shape index (κ1) is 15.3. The van der Waals surface area contributed by atoms with Crippen molar-refractivity contribution >= 4 is 11.6 Å². The van der Waals surface area contributed by atoms with E-state index in [4.69, 9.17) is 16.3 Å². The first-order chi connectivity index (χ1) is 8.54. The van der Waals surface area contributed by atoms with E-state index in [1.807, 2.05) is 18.2 Å². The minimum Gasteiger partial charge on any atom is -0.496 e. The minimum absolute atomic E-state index is 0.596. The Bertz CT molecular complexity index is 371. The van der Waals surface area contributed by atoms with Crippen molar-refractivity contribution in [3.8, 4) is 5.75 Å². The topological polar surface area (TPSA) is 29.5 Å². The maximum Gasteiger partial charge on any atom is 0.122 e. The Morgan fingerprint density at radius 2 is 1.83 bits per heavy atom. The Balaban J connectivity index is 2.95. The summed E-state index contributed by atoms with van der Waals surface area (Å²) in [4.78, 5) is 0. The Morgan fingerprint density at radius 1 is 1.22 bits per heavy atom. The molecular formula is C15H23ClO2. The van der Waals surface area contributed by atoms with Gasteiger partial charge in [0.05, 0.1) is 12.7 Å². The summed E-state index contributed by atoms with van der Waals surface area (Å²) >= 11 is 6.02. The van der Waals surface area contributed by atoms with Gasteiger partial charge in [-0.15, -0.1) is 0 Å². The first-order valence-corrected chi connectivity index (χ1v) is 6.97. The van der Waals surface area contributed by atoms with E-state index in [1.165, 1.54) is 0 Å². The molecule has 0 spiro atoms. The van der Waals surface area contributed by atoms with Crippen molar-refractivity contribution in [1.29, 1.82) is 0 Å². The predicted octanol–water partition coefficient (Wildman–Crippen LogP) is 4.22. The lowest BCUT2D eigenvalue weighted by Crippen LogP contribution is -2.31. The summed E-state index contributed by atoms with van der Waals surface area (Å²) < 4.78 is 5.33. The number of aliphatic hydroxyl groups is 1. The van der Waals surface area contributed by atoms with Gasteiger partial charge < -0.3 is 9.84 Å². The fourth-order valence-corrected chi connectivity index (χ4v) is 2.67. The second-order valence-electron chi connectivity index (χ2n) is 4.86. The van der Waals surface area contributed by atoms with Crippen LogP contribution < -0.4 is 4.74 Å². The highest BCUT2D eigenvalue weighted by atomic mass is 35.5. The van der Waals surface area contributed by atoms with Gasteiger partial charge >= 0.3 is 0 Å². The fourth-order valence-electron chi connectivity index (χ4n) is 2.47. The number of ether oxygens (including phenoxy) is 1. The summed E-state index contributed by atoms with van der Waals surface area (Å²) in [5.41, 5.74) is 0.330. The summed E-state index contributed by atoms with van der Waals surface area (Å²) in [5, 5.41) is 11.4. The summed E-state index contributed by atoms with van der Waals surface area (Å²) in [6.45, 7) is 4.19. The monoisotopic (exact) mass is 270 g/mol. The summed E-state index contributed by atoms with van der Waals surface area (Å²) in [6.07, 6.45) is 4.14. The molecule has 0 aromatic heterocycles. The van der Waals surface area contributed by atoms with Gasteiger partial charge in [-0.3, -0.25) is 0 Å². The van der Waals surface area contributed by atoms with Crippen molar-refractivity contribution in [2.45, 2.75) is 51.6 Å². The maximum atomic E-state index is 10.7. The molecule has 1 N–H and O–H groups in total. The Morgan fingerprint density at radius 3 is 2.33 bits per heavy atom. The van der Waals surface area contributed by atoms with E-state index in [2.05, 4.69) is 13.8 Å². The zero-order valence-electron chi connectivity index (χ0n) is 11.5. The van der Waals surface area contributed by atoms with E-state index in [0.29, 0.717) is 11.4 Å². The smallest absolute Gasteiger partial charge is 0.122 e. The van der Waals surface area contributed by atoms with Gasteiger partial charge in [0.2, 0.25) is 0 Å². The molecule has 1 aromatic carbocycles. The Kier molecular flexibility index (Phi) is 5.97. The molecule has 3 heteroatoms. The quantitative estimate of drug-likeness (QED) is 0.804. The third-order valence-corrected chi connectivity index (χ3v) is 3.43. The molecule has 1 rings (SSSR count). The van der Waals surface area contributed by atoms with Crippen LogP contribution in [-0.2, 0) is 6.42 Å². The van der Waals surface area contributed by atoms with E-state index in [9.17, 15) is 5.11 Å². The molecule has 0 radical (unpaired) electrons. The number of halogens is 1. The molecule has 2 nitrogen and oxygen atoms in total. The normalized spacial score (nSPS) is 11.6. The molecule has 102 valence electrons. The van der Waals surface area contributed by atoms with E-state index in [-0.39, 0.29) is 0 Å². The second-order valence-corrected chi connectivity index (χ2v) is 5.29. The molecule has 0 aliphatic rings. The van der Waals surface area contributed by atoms with Gasteiger partial charge in [-0.25, -0.2) is 0 Å². The molecule has 0 saturated carbocycles. The van der Waals surface area contributed by atoms with Crippen LogP contribution in [0.25, 0.3) is 0 Å². The minimum atomic E-state index is -0.651. The molecule has 0 bridgehead atoms. The third kappa shape index (κ3) is 4.18. The van der Waals surface area contributed by atoms with Gasteiger partial charge in [-0.05, 0) is 36.6 Å². The Labute approximate surface area is 115 Å². The van der Waals surface area contributed by atoms with Crippen molar-refractivity contribution < 1.29 is 9.84 Å². The molecule has 0 aliphatic heterocycles. The van der Waals surface area contributed by atoms with Gasteiger partial charge in [0, 0.05) is 11.4 Å². The third-order valence-electron chi connectivity index (χ3n) is 3.19. The second kappa shape index (κ2) is 7.01. The highest BCUT2D eigenvalue weighted by Crippen LogP contribution is 2.30. The number of methoxy groups -OCH3 is 1. The van der Waals surface area contributed by atoms with Crippen LogP contribution in [0.2, 0.25) is 5.02 Å². The van der Waals surface area contributed by atoms with Crippen LogP contribution in [0.1, 0.15) is 45.1 Å². The van der Waals surface area contributed by atoms with Crippen LogP contribution >= 0.6 is 11.6 Å². The molecule has 0 amide bonds. The molecule has 0 atom stereocenters. The van der Waals surface area contributed by atoms with Crippen molar-refractivity contribution in [3.63, 3.8) is 0 Å². The highest BCUT2D eigenvalue weighted by Gasteiger charge is 2.26. The highest BCUT2D eigenvalue weighted by molar-refractivity contribution is 6.30. The zero-order valence-corrected chi connectivity index (χ0v) is 12.3. The molecule has 18 heavy (non-hydrogen) atoms. The largest absolute Gasteiger partial charge is 0.496 e. The molecule has 0 unspecified atom stereocenters. The molecule has 0 fully saturated rings. The number of hydrogen-bond donors (Lipinski definition) is 1. The SMILES string of the molecule is CCCC(O)(CCC)Cc1cc(Cl)ccc1OC. The summed E-state index contributed by atoms with van der Waals surface area (Å²) in [5.74, 6) is 0.796. The Hall–Kier alpha value is -0.730. The molecule has 0 saturated heterocycles. The molecular weight excluding hydrogens is 248 g/mol. The van der Waals surface area contributed by atoms with Crippen LogP contribution in [0.4, 0.5) is 0 Å². The first-order valence-electron chi connectivity index (χ1n) is 6.59. The lowest BCUT2D eigenvalue weighted by atomic mass is 9.86. The summed E-state index contributed by atoms with van der Waals surface area (Å²) in [6, 6.07) is 5.55. The van der Waals surface area contributed by atoms with Crippen LogP contribution in [0, 0.1) is 0 Å². The van der Waals surface area contributed by atoms with E-state index in [0.717, 1.165) is 37.0 Å². The van der Waals surface area contributed by atoms with Gasteiger partial charge in [0.1, 0.15) is 5.75 Å². The predicted molar refractivity (Wildman–Crippen MR) is 76.5 cm³/mol. The number of rotatable bonds is 7. The lowest BCUT2D eigenvalue weighted by Gasteiger charge is -2.28. The van der Waals surface area contributed by atoms with Crippen LogP contribution in [0.3, 0.4) is 0 Å². The van der Waals surface area contributed by atoms with Crippen molar-refractivity contribution in [3.05, 3.63) is 28.8 Å². The molecule has 0 aliphatic carbocycles. The van der Waals surface area contributed by atoms with Gasteiger partial charge in [0.25, 0.3) is 0 Å². The standard InChI is InChI=1S/C15H23ClO2/c1-4-8-15(17,9-5-2)11-12-10-13(16)6-7-14(12)18-3/h6-7,10,17H,4-5,8-9,11H2,1-3H3. The lowest BCUT2D eigenvalue weighted by molar-refractivity contribution is 0.0211. The average Bonchev–Trinajstić information content (AvgIpc) is 2.29. The van der Waals surface area contributed by atoms with E-state index in [1.54, 1.807) is 7.11 Å². The molecule has 0 heterocycles. The van der Waals surface area contributed by atoms with Gasteiger partial charge in [-0.2, -0.15) is 0 Å². The van der Waals surface area contributed by atoms with E-state index < -0.39 is 5.60 Å². The van der Waals surface area contributed by atoms with Crippen molar-refractivity contribution in [1.82, 2.24) is 0 Å². The van der Waals surface area contributed by atoms with Crippen LogP contribution in [0.15, 0.2) is 18.2 Å². The summed E-state index contributed by atoms with van der Waals surface area (Å²) in [7, 11) is 1.64. The fraction of sp³-hybridized carbons (Fsp3) is 0.600. The average molecular weight is 271 g/mol. The van der Waals surface area contributed by atoms with Crippen molar-refractivity contribution in [2.75, 3.05) is 7.11 Å². The van der Waals surface area contributed by atoms with Crippen LogP contribution in [-0.4, -0.2) is 17.8 Å². The van der Waals surface area contributed by atoms with E-state index >= 15 is 0 Å². The van der Waals surface area contributed by atoms with Gasteiger partial charge in [-0.1, -0.05) is 38.3 Å². The van der Waals surface area contributed by atoms with Crippen molar-refractivity contribution in [2.24, 2.45) is 0 Å². The van der Waals surface area contributed by atoms with Gasteiger partial charge in [0.15, 0.2) is 0 Å². The number of hydrogen-bond acceptors (Lipinski definition) is 2. The molecule has 1 aromatic rings. The van der Waals surface area contributed by atoms with Crippen LogP contribution in [0.5, 0.6) is 5.75 Å². The maximum absolute atomic E-state index is 10.7. The number of benzene rings is 1.